The molecule has 0 radical (unpaired) electrons. The summed E-state index contributed by atoms with van der Waals surface area (Å²) in [6, 6.07) is 3.89. The lowest BCUT2D eigenvalue weighted by Crippen LogP contribution is -2.45. The Morgan fingerprint density at radius 3 is 2.42 bits per heavy atom. The average molecular weight is 267 g/mol. The summed E-state index contributed by atoms with van der Waals surface area (Å²) in [4.78, 5) is 23.9. The summed E-state index contributed by atoms with van der Waals surface area (Å²) in [5.74, 6) is -1.91. The Morgan fingerprint density at radius 1 is 1.32 bits per heavy atom. The molecule has 1 rings (SSSR count). The van der Waals surface area contributed by atoms with Gasteiger partial charge in [-0.25, -0.2) is 4.79 Å². The molecule has 0 saturated heterocycles. The van der Waals surface area contributed by atoms with Crippen molar-refractivity contribution >= 4 is 17.6 Å². The van der Waals surface area contributed by atoms with E-state index in [1.54, 1.807) is 25.1 Å². The number of hydrogen-bond donors (Lipinski definition) is 3. The molecule has 0 aliphatic heterocycles. The summed E-state index contributed by atoms with van der Waals surface area (Å²) in [5, 5.41) is 27.4. The SMILES string of the molecule is Cc1cccc(CO)c1N(C(=O)CO)[C@@H](C)C(=O)O. The summed E-state index contributed by atoms with van der Waals surface area (Å²) in [6.07, 6.45) is 0. The predicted octanol–water partition coefficient (Wildman–Crippen LogP) is 0.286. The van der Waals surface area contributed by atoms with Gasteiger partial charge in [-0.15, -0.1) is 0 Å². The molecule has 3 N–H and O–H groups in total. The highest BCUT2D eigenvalue weighted by Crippen LogP contribution is 2.27. The number of benzene rings is 1. The van der Waals surface area contributed by atoms with E-state index in [4.69, 9.17) is 10.2 Å². The second kappa shape index (κ2) is 6.31. The van der Waals surface area contributed by atoms with Gasteiger partial charge in [0.2, 0.25) is 0 Å². The summed E-state index contributed by atoms with van der Waals surface area (Å²) in [5.41, 5.74) is 1.43. The number of aliphatic hydroxyl groups is 2. The van der Waals surface area contributed by atoms with Crippen LogP contribution in [-0.4, -0.2) is 39.8 Å². The number of carboxylic acid groups (broad SMARTS) is 1. The van der Waals surface area contributed by atoms with Gasteiger partial charge in [-0.1, -0.05) is 18.2 Å². The normalized spacial score (nSPS) is 12.0. The van der Waals surface area contributed by atoms with E-state index in [0.717, 1.165) is 4.90 Å². The van der Waals surface area contributed by atoms with Gasteiger partial charge in [-0.2, -0.15) is 0 Å². The molecule has 0 aliphatic carbocycles. The van der Waals surface area contributed by atoms with Gasteiger partial charge in [0.15, 0.2) is 0 Å². The number of para-hydroxylation sites is 1. The summed E-state index contributed by atoms with van der Waals surface area (Å²) < 4.78 is 0. The number of carboxylic acids is 1. The van der Waals surface area contributed by atoms with Crippen LogP contribution in [0.15, 0.2) is 18.2 Å². The Labute approximate surface area is 110 Å². The molecule has 0 aromatic heterocycles. The van der Waals surface area contributed by atoms with E-state index < -0.39 is 24.5 Å². The summed E-state index contributed by atoms with van der Waals surface area (Å²) in [6.45, 7) is 1.94. The number of carbonyl (C=O) groups is 2. The highest BCUT2D eigenvalue weighted by Gasteiger charge is 2.29. The third-order valence-corrected chi connectivity index (χ3v) is 2.88. The lowest BCUT2D eigenvalue weighted by atomic mass is 10.1. The van der Waals surface area contributed by atoms with Crippen molar-refractivity contribution in [1.82, 2.24) is 0 Å². The van der Waals surface area contributed by atoms with Crippen molar-refractivity contribution in [3.63, 3.8) is 0 Å². The standard InChI is InChI=1S/C13H17NO5/c1-8-4-3-5-10(6-15)12(8)14(11(17)7-16)9(2)13(18)19/h3-5,9,15-16H,6-7H2,1-2H3,(H,18,19)/t9-/m0/s1. The van der Waals surface area contributed by atoms with E-state index >= 15 is 0 Å². The van der Waals surface area contributed by atoms with E-state index in [1.165, 1.54) is 6.92 Å². The number of hydrogen-bond acceptors (Lipinski definition) is 4. The van der Waals surface area contributed by atoms with Crippen LogP contribution >= 0.6 is 0 Å². The van der Waals surface area contributed by atoms with Crippen molar-refractivity contribution in [2.24, 2.45) is 0 Å². The third-order valence-electron chi connectivity index (χ3n) is 2.88. The van der Waals surface area contributed by atoms with E-state index in [2.05, 4.69) is 0 Å². The minimum absolute atomic E-state index is 0.321. The van der Waals surface area contributed by atoms with Gasteiger partial charge in [0.05, 0.1) is 12.3 Å². The first-order chi connectivity index (χ1) is 8.93. The molecule has 1 atom stereocenters. The topological polar surface area (TPSA) is 98.1 Å². The van der Waals surface area contributed by atoms with Crippen LogP contribution < -0.4 is 4.90 Å². The van der Waals surface area contributed by atoms with Crippen LogP contribution in [0.2, 0.25) is 0 Å². The Morgan fingerprint density at radius 2 is 1.95 bits per heavy atom. The Kier molecular flexibility index (Phi) is 5.02. The zero-order valence-corrected chi connectivity index (χ0v) is 10.8. The van der Waals surface area contributed by atoms with E-state index in [9.17, 15) is 14.7 Å². The predicted molar refractivity (Wildman–Crippen MR) is 68.8 cm³/mol. The average Bonchev–Trinajstić information content (AvgIpc) is 2.39. The maximum Gasteiger partial charge on any atom is 0.326 e. The van der Waals surface area contributed by atoms with Crippen LogP contribution in [0.3, 0.4) is 0 Å². The fraction of sp³-hybridized carbons (Fsp3) is 0.385. The van der Waals surface area contributed by atoms with E-state index in [1.807, 2.05) is 0 Å². The Bertz CT molecular complexity index is 486. The molecular weight excluding hydrogens is 250 g/mol. The quantitative estimate of drug-likeness (QED) is 0.712. The molecule has 0 heterocycles. The second-order valence-corrected chi connectivity index (χ2v) is 4.18. The number of aliphatic hydroxyl groups excluding tert-OH is 2. The molecule has 0 fully saturated rings. The smallest absolute Gasteiger partial charge is 0.326 e. The third kappa shape index (κ3) is 3.10. The monoisotopic (exact) mass is 267 g/mol. The van der Waals surface area contributed by atoms with Crippen LogP contribution in [-0.2, 0) is 16.2 Å². The lowest BCUT2D eigenvalue weighted by molar-refractivity contribution is -0.140. The van der Waals surface area contributed by atoms with Crippen molar-refractivity contribution in [2.75, 3.05) is 11.5 Å². The van der Waals surface area contributed by atoms with E-state index in [-0.39, 0.29) is 6.61 Å². The van der Waals surface area contributed by atoms with Gasteiger partial charge in [0.25, 0.3) is 5.91 Å². The van der Waals surface area contributed by atoms with Crippen molar-refractivity contribution in [1.29, 1.82) is 0 Å². The molecule has 1 aromatic rings. The summed E-state index contributed by atoms with van der Waals surface area (Å²) in [7, 11) is 0. The number of nitrogens with zero attached hydrogens (tertiary/aromatic N) is 1. The first-order valence-electron chi connectivity index (χ1n) is 5.79. The van der Waals surface area contributed by atoms with Gasteiger partial charge in [0.1, 0.15) is 12.6 Å². The molecule has 0 unspecified atom stereocenters. The molecular formula is C13H17NO5. The van der Waals surface area contributed by atoms with Crippen molar-refractivity contribution < 1.29 is 24.9 Å². The molecule has 0 bridgehead atoms. The first-order valence-corrected chi connectivity index (χ1v) is 5.79. The fourth-order valence-corrected chi connectivity index (χ4v) is 1.91. The largest absolute Gasteiger partial charge is 0.480 e. The molecule has 1 aromatic carbocycles. The van der Waals surface area contributed by atoms with Crippen molar-refractivity contribution in [3.8, 4) is 0 Å². The van der Waals surface area contributed by atoms with Gasteiger partial charge >= 0.3 is 5.97 Å². The van der Waals surface area contributed by atoms with Crippen molar-refractivity contribution in [2.45, 2.75) is 26.5 Å². The lowest BCUT2D eigenvalue weighted by Gasteiger charge is -2.29. The highest BCUT2D eigenvalue weighted by atomic mass is 16.4. The van der Waals surface area contributed by atoms with Gasteiger partial charge in [-0.05, 0) is 19.4 Å². The first kappa shape index (κ1) is 15.1. The molecule has 0 spiro atoms. The number of rotatable bonds is 5. The van der Waals surface area contributed by atoms with Crippen LogP contribution in [0.4, 0.5) is 5.69 Å². The van der Waals surface area contributed by atoms with Gasteiger partial charge in [-0.3, -0.25) is 9.69 Å². The Hall–Kier alpha value is -1.92. The van der Waals surface area contributed by atoms with E-state index in [0.29, 0.717) is 16.8 Å². The molecule has 0 saturated carbocycles. The second-order valence-electron chi connectivity index (χ2n) is 4.18. The molecule has 0 aliphatic rings. The summed E-state index contributed by atoms with van der Waals surface area (Å²) >= 11 is 0. The molecule has 1 amide bonds. The Balaban J connectivity index is 3.40. The molecule has 6 nitrogen and oxygen atoms in total. The minimum Gasteiger partial charge on any atom is -0.480 e. The minimum atomic E-state index is -1.19. The molecule has 19 heavy (non-hydrogen) atoms. The number of anilines is 1. The highest BCUT2D eigenvalue weighted by molar-refractivity contribution is 6.00. The van der Waals surface area contributed by atoms with Crippen LogP contribution in [0.5, 0.6) is 0 Å². The van der Waals surface area contributed by atoms with Crippen LogP contribution in [0, 0.1) is 6.92 Å². The fourth-order valence-electron chi connectivity index (χ4n) is 1.91. The maximum absolute atomic E-state index is 11.8. The van der Waals surface area contributed by atoms with Crippen molar-refractivity contribution in [3.05, 3.63) is 29.3 Å². The van der Waals surface area contributed by atoms with Gasteiger partial charge < -0.3 is 15.3 Å². The number of amides is 1. The van der Waals surface area contributed by atoms with Gasteiger partial charge in [0, 0.05) is 5.56 Å². The zero-order valence-electron chi connectivity index (χ0n) is 10.8. The number of aryl methyl sites for hydroxylation is 1. The number of aliphatic carboxylic acids is 1. The maximum atomic E-state index is 11.8. The molecule has 104 valence electrons. The zero-order chi connectivity index (χ0) is 14.6. The molecule has 6 heteroatoms. The number of carbonyl (C=O) groups excluding carboxylic acids is 1. The van der Waals surface area contributed by atoms with Crippen LogP contribution in [0.1, 0.15) is 18.1 Å². The van der Waals surface area contributed by atoms with Crippen LogP contribution in [0.25, 0.3) is 0 Å².